The molecule has 8 heteroatoms. The van der Waals surface area contributed by atoms with Crippen molar-refractivity contribution in [3.63, 3.8) is 0 Å². The van der Waals surface area contributed by atoms with Gasteiger partial charge in [0.25, 0.3) is 5.91 Å². The van der Waals surface area contributed by atoms with Gasteiger partial charge in [0.1, 0.15) is 0 Å². The van der Waals surface area contributed by atoms with E-state index in [1.165, 1.54) is 6.07 Å². The number of halogens is 1. The predicted molar refractivity (Wildman–Crippen MR) is 92.1 cm³/mol. The quantitative estimate of drug-likeness (QED) is 0.841. The molecule has 1 aromatic heterocycles. The number of nitrogens with one attached hydrogen (secondary N) is 1. The van der Waals surface area contributed by atoms with E-state index < -0.39 is 11.7 Å². The van der Waals surface area contributed by atoms with Crippen LogP contribution in [0.4, 0.5) is 10.1 Å². The summed E-state index contributed by atoms with van der Waals surface area (Å²) in [5.41, 5.74) is 0.224. The number of benzene rings is 1. The van der Waals surface area contributed by atoms with E-state index in [4.69, 9.17) is 9.26 Å². The number of amides is 1. The summed E-state index contributed by atoms with van der Waals surface area (Å²) in [5.74, 6) is -1.09. The Hall–Kier alpha value is -2.48. The molecule has 0 spiro atoms. The Morgan fingerprint density at radius 3 is 2.65 bits per heavy atom. The standard InChI is InChI=1S/C18H20FN3O4/c1-9-6-22(7-10(2)25-9)16-11(8-23)5-13-15(18(24)20-12-3-4-12)21-26-17(13)14(16)19/h5,8-10,12H,3-4,6-7H2,1-2H3,(H,20,24). The van der Waals surface area contributed by atoms with Gasteiger partial charge in [-0.2, -0.15) is 0 Å². The molecule has 138 valence electrons. The molecule has 2 heterocycles. The Morgan fingerprint density at radius 2 is 2.04 bits per heavy atom. The number of morpholine rings is 1. The molecular formula is C18H20FN3O4. The molecule has 2 aliphatic rings. The average molecular weight is 361 g/mol. The molecule has 1 amide bonds. The van der Waals surface area contributed by atoms with Gasteiger partial charge in [-0.25, -0.2) is 4.39 Å². The van der Waals surface area contributed by atoms with E-state index in [1.54, 1.807) is 4.90 Å². The maximum atomic E-state index is 15.2. The molecule has 1 aliphatic heterocycles. The number of carbonyl (C=O) groups excluding carboxylic acids is 2. The van der Waals surface area contributed by atoms with Crippen molar-refractivity contribution in [3.8, 4) is 0 Å². The summed E-state index contributed by atoms with van der Waals surface area (Å²) in [6.45, 7) is 4.70. The van der Waals surface area contributed by atoms with Gasteiger partial charge < -0.3 is 19.5 Å². The molecule has 1 aromatic carbocycles. The third-order valence-electron chi connectivity index (χ3n) is 4.70. The fourth-order valence-electron chi connectivity index (χ4n) is 3.46. The SMILES string of the molecule is CC1CN(c2c(C=O)cc3c(C(=O)NC4CC4)noc3c2F)CC(C)O1. The van der Waals surface area contributed by atoms with Crippen LogP contribution in [-0.2, 0) is 4.74 Å². The average Bonchev–Trinajstić information content (AvgIpc) is 3.29. The highest BCUT2D eigenvalue weighted by Crippen LogP contribution is 2.34. The number of nitrogens with zero attached hydrogens (tertiary/aromatic N) is 2. The summed E-state index contributed by atoms with van der Waals surface area (Å²) in [4.78, 5) is 25.7. The summed E-state index contributed by atoms with van der Waals surface area (Å²) >= 11 is 0. The molecule has 2 fully saturated rings. The molecule has 1 N–H and O–H groups in total. The normalized spacial score (nSPS) is 23.3. The molecule has 2 unspecified atom stereocenters. The predicted octanol–water partition coefficient (Wildman–Crippen LogP) is 2.29. The third kappa shape index (κ3) is 2.94. The van der Waals surface area contributed by atoms with Gasteiger partial charge in [-0.05, 0) is 32.8 Å². The summed E-state index contributed by atoms with van der Waals surface area (Å²) in [5, 5.41) is 6.75. The van der Waals surface area contributed by atoms with Crippen LogP contribution in [0.1, 0.15) is 47.5 Å². The van der Waals surface area contributed by atoms with Crippen molar-refractivity contribution in [3.05, 3.63) is 23.1 Å². The molecule has 26 heavy (non-hydrogen) atoms. The zero-order valence-corrected chi connectivity index (χ0v) is 14.6. The minimum absolute atomic E-state index is 0.00386. The minimum atomic E-state index is -0.677. The molecule has 1 saturated carbocycles. The first-order valence-electron chi connectivity index (χ1n) is 8.76. The van der Waals surface area contributed by atoms with Crippen LogP contribution in [0, 0.1) is 5.82 Å². The Morgan fingerprint density at radius 1 is 1.35 bits per heavy atom. The molecule has 4 rings (SSSR count). The Kier molecular flexibility index (Phi) is 4.14. The molecular weight excluding hydrogens is 341 g/mol. The number of carbonyl (C=O) groups is 2. The lowest BCUT2D eigenvalue weighted by Crippen LogP contribution is -2.46. The molecule has 0 radical (unpaired) electrons. The largest absolute Gasteiger partial charge is 0.372 e. The third-order valence-corrected chi connectivity index (χ3v) is 4.70. The Bertz CT molecular complexity index is 867. The maximum Gasteiger partial charge on any atom is 0.274 e. The molecule has 2 atom stereocenters. The summed E-state index contributed by atoms with van der Waals surface area (Å²) in [6, 6.07) is 1.62. The summed E-state index contributed by atoms with van der Waals surface area (Å²) < 4.78 is 26.0. The van der Waals surface area contributed by atoms with Gasteiger partial charge in [0.05, 0.1) is 23.3 Å². The lowest BCUT2D eigenvalue weighted by atomic mass is 10.1. The number of rotatable bonds is 4. The number of ether oxygens (including phenoxy) is 1. The van der Waals surface area contributed by atoms with E-state index in [0.29, 0.717) is 19.4 Å². The smallest absolute Gasteiger partial charge is 0.274 e. The molecule has 7 nitrogen and oxygen atoms in total. The lowest BCUT2D eigenvalue weighted by Gasteiger charge is -2.37. The second-order valence-electron chi connectivity index (χ2n) is 7.06. The highest BCUT2D eigenvalue weighted by atomic mass is 19.1. The van der Waals surface area contributed by atoms with Crippen LogP contribution in [0.15, 0.2) is 10.6 Å². The fraction of sp³-hybridized carbons (Fsp3) is 0.500. The van der Waals surface area contributed by atoms with Crippen LogP contribution in [0.3, 0.4) is 0 Å². The number of aromatic nitrogens is 1. The van der Waals surface area contributed by atoms with Crippen molar-refractivity contribution < 1.29 is 23.2 Å². The Balaban J connectivity index is 1.78. The molecule has 1 aliphatic carbocycles. The van der Waals surface area contributed by atoms with E-state index in [0.717, 1.165) is 12.8 Å². The molecule has 1 saturated heterocycles. The Labute approximate surface area is 149 Å². The highest BCUT2D eigenvalue weighted by molar-refractivity contribution is 6.07. The fourth-order valence-corrected chi connectivity index (χ4v) is 3.46. The van der Waals surface area contributed by atoms with Gasteiger partial charge in [-0.1, -0.05) is 5.16 Å². The van der Waals surface area contributed by atoms with Gasteiger partial charge in [-0.3, -0.25) is 9.59 Å². The summed E-state index contributed by atoms with van der Waals surface area (Å²) in [6.07, 6.45) is 2.25. The van der Waals surface area contributed by atoms with Crippen LogP contribution >= 0.6 is 0 Å². The van der Waals surface area contributed by atoms with Gasteiger partial charge in [0, 0.05) is 24.7 Å². The van der Waals surface area contributed by atoms with Crippen LogP contribution in [-0.4, -0.2) is 48.7 Å². The zero-order valence-electron chi connectivity index (χ0n) is 14.6. The van der Waals surface area contributed by atoms with Crippen molar-refractivity contribution in [1.29, 1.82) is 0 Å². The molecule has 2 aromatic rings. The van der Waals surface area contributed by atoms with Crippen LogP contribution in [0.2, 0.25) is 0 Å². The van der Waals surface area contributed by atoms with Crippen molar-refractivity contribution in [1.82, 2.24) is 10.5 Å². The van der Waals surface area contributed by atoms with Crippen molar-refractivity contribution in [2.75, 3.05) is 18.0 Å². The zero-order chi connectivity index (χ0) is 18.4. The number of fused-ring (bicyclic) bond motifs is 1. The van der Waals surface area contributed by atoms with Crippen LogP contribution < -0.4 is 10.2 Å². The first-order valence-corrected chi connectivity index (χ1v) is 8.76. The van der Waals surface area contributed by atoms with Gasteiger partial charge in [0.2, 0.25) is 5.58 Å². The summed E-state index contributed by atoms with van der Waals surface area (Å²) in [7, 11) is 0. The second kappa shape index (κ2) is 6.35. The van der Waals surface area contributed by atoms with E-state index in [-0.39, 0.29) is 46.2 Å². The number of hydrogen-bond acceptors (Lipinski definition) is 6. The number of hydrogen-bond donors (Lipinski definition) is 1. The van der Waals surface area contributed by atoms with E-state index >= 15 is 4.39 Å². The van der Waals surface area contributed by atoms with Gasteiger partial charge >= 0.3 is 0 Å². The monoisotopic (exact) mass is 361 g/mol. The topological polar surface area (TPSA) is 84.7 Å². The number of anilines is 1. The second-order valence-corrected chi connectivity index (χ2v) is 7.06. The van der Waals surface area contributed by atoms with E-state index in [9.17, 15) is 9.59 Å². The highest BCUT2D eigenvalue weighted by Gasteiger charge is 2.31. The van der Waals surface area contributed by atoms with Crippen molar-refractivity contribution >= 4 is 28.8 Å². The first kappa shape index (κ1) is 17.0. The minimum Gasteiger partial charge on any atom is -0.372 e. The number of aldehydes is 1. The molecule has 0 bridgehead atoms. The van der Waals surface area contributed by atoms with E-state index in [1.807, 2.05) is 13.8 Å². The van der Waals surface area contributed by atoms with Crippen molar-refractivity contribution in [2.45, 2.75) is 44.9 Å². The maximum absolute atomic E-state index is 15.2. The van der Waals surface area contributed by atoms with E-state index in [2.05, 4.69) is 10.5 Å². The van der Waals surface area contributed by atoms with Crippen LogP contribution in [0.25, 0.3) is 11.0 Å². The van der Waals surface area contributed by atoms with Gasteiger partial charge in [-0.15, -0.1) is 0 Å². The first-order chi connectivity index (χ1) is 12.5. The lowest BCUT2D eigenvalue weighted by molar-refractivity contribution is -0.00543. The van der Waals surface area contributed by atoms with Gasteiger partial charge in [0.15, 0.2) is 17.8 Å². The van der Waals surface area contributed by atoms with Crippen LogP contribution in [0.5, 0.6) is 0 Å². The van der Waals surface area contributed by atoms with Crippen molar-refractivity contribution in [2.24, 2.45) is 0 Å².